The minimum atomic E-state index is -3.75. The average molecular weight is 367 g/mol. The highest BCUT2D eigenvalue weighted by Gasteiger charge is 2.13. The second-order valence-corrected chi connectivity index (χ2v) is 7.88. The molecule has 0 spiro atoms. The molecule has 9 heteroatoms. The van der Waals surface area contributed by atoms with Gasteiger partial charge in [0.1, 0.15) is 4.21 Å². The first-order valence-electron chi connectivity index (χ1n) is 7.09. The zero-order chi connectivity index (χ0) is 17.7. The van der Waals surface area contributed by atoms with Crippen LogP contribution < -0.4 is 15.8 Å². The largest absolute Gasteiger partial charge is 0.352 e. The number of anilines is 1. The Labute approximate surface area is 143 Å². The minimum absolute atomic E-state index is 0.0246. The summed E-state index contributed by atoms with van der Waals surface area (Å²) in [5.74, 6) is -0.465. The van der Waals surface area contributed by atoms with Gasteiger partial charge in [0.15, 0.2) is 0 Å². The van der Waals surface area contributed by atoms with Gasteiger partial charge in [0.25, 0.3) is 5.91 Å². The fourth-order valence-corrected chi connectivity index (χ4v) is 3.71. The molecular weight excluding hydrogens is 350 g/mol. The minimum Gasteiger partial charge on any atom is -0.352 e. The van der Waals surface area contributed by atoms with Gasteiger partial charge in [-0.3, -0.25) is 9.59 Å². The van der Waals surface area contributed by atoms with E-state index in [1.165, 1.54) is 6.07 Å². The van der Waals surface area contributed by atoms with Gasteiger partial charge in [-0.25, -0.2) is 13.6 Å². The number of hydrogen-bond donors (Lipinski definition) is 3. The first kappa shape index (κ1) is 18.1. The van der Waals surface area contributed by atoms with Crippen LogP contribution in [0.1, 0.15) is 22.2 Å². The Balaban J connectivity index is 1.97. The van der Waals surface area contributed by atoms with Gasteiger partial charge in [-0.05, 0) is 43.3 Å². The second kappa shape index (κ2) is 7.56. The fraction of sp³-hybridized carbons (Fsp3) is 0.200. The van der Waals surface area contributed by atoms with Crippen molar-refractivity contribution < 1.29 is 18.0 Å². The summed E-state index contributed by atoms with van der Waals surface area (Å²) < 4.78 is 22.4. The van der Waals surface area contributed by atoms with Crippen LogP contribution in [0, 0.1) is 0 Å². The third-order valence-electron chi connectivity index (χ3n) is 3.02. The lowest BCUT2D eigenvalue weighted by Crippen LogP contribution is -2.22. The van der Waals surface area contributed by atoms with Crippen LogP contribution in [-0.4, -0.2) is 26.8 Å². The van der Waals surface area contributed by atoms with E-state index in [0.29, 0.717) is 22.7 Å². The molecule has 7 nitrogen and oxygen atoms in total. The molecule has 1 aromatic carbocycles. The monoisotopic (exact) mass is 367 g/mol. The Morgan fingerprint density at radius 3 is 2.33 bits per heavy atom. The Hall–Kier alpha value is -2.23. The van der Waals surface area contributed by atoms with Crippen molar-refractivity contribution in [2.75, 3.05) is 11.9 Å². The van der Waals surface area contributed by atoms with E-state index in [0.717, 1.165) is 11.3 Å². The second-order valence-electron chi connectivity index (χ2n) is 4.93. The van der Waals surface area contributed by atoms with Gasteiger partial charge in [-0.15, -0.1) is 11.3 Å². The van der Waals surface area contributed by atoms with E-state index in [9.17, 15) is 18.0 Å². The molecule has 0 bridgehead atoms. The van der Waals surface area contributed by atoms with Crippen molar-refractivity contribution in [3.63, 3.8) is 0 Å². The molecule has 2 amide bonds. The average Bonchev–Trinajstić information content (AvgIpc) is 2.96. The smallest absolute Gasteiger partial charge is 0.251 e. The lowest BCUT2D eigenvalue weighted by atomic mass is 10.2. The first-order chi connectivity index (χ1) is 11.3. The summed E-state index contributed by atoms with van der Waals surface area (Å²) in [6, 6.07) is 9.43. The maximum absolute atomic E-state index is 12.0. The number of benzene rings is 1. The number of rotatable bonds is 6. The molecule has 128 valence electrons. The molecule has 0 aliphatic carbocycles. The molecular formula is C15H17N3O4S2. The number of nitrogens with one attached hydrogen (secondary N) is 2. The molecule has 0 aliphatic rings. The number of carbonyl (C=O) groups is 2. The summed E-state index contributed by atoms with van der Waals surface area (Å²) in [5.41, 5.74) is 1.06. The molecule has 0 radical (unpaired) electrons. The van der Waals surface area contributed by atoms with Crippen molar-refractivity contribution in [1.29, 1.82) is 0 Å². The van der Waals surface area contributed by atoms with Crippen LogP contribution in [0.4, 0.5) is 5.69 Å². The van der Waals surface area contributed by atoms with Crippen LogP contribution >= 0.6 is 11.3 Å². The molecule has 2 aromatic rings. The topological polar surface area (TPSA) is 118 Å². The fourth-order valence-electron chi connectivity index (χ4n) is 1.94. The Bertz CT molecular complexity index is 842. The van der Waals surface area contributed by atoms with E-state index in [1.807, 2.05) is 6.92 Å². The van der Waals surface area contributed by atoms with Gasteiger partial charge in [0.2, 0.25) is 15.9 Å². The van der Waals surface area contributed by atoms with Crippen molar-refractivity contribution in [1.82, 2.24) is 5.32 Å². The van der Waals surface area contributed by atoms with Crippen molar-refractivity contribution in [2.24, 2.45) is 5.14 Å². The molecule has 1 aromatic heterocycles. The molecule has 0 atom stereocenters. The highest BCUT2D eigenvalue weighted by molar-refractivity contribution is 7.91. The van der Waals surface area contributed by atoms with Crippen molar-refractivity contribution in [2.45, 2.75) is 17.6 Å². The van der Waals surface area contributed by atoms with Crippen molar-refractivity contribution >= 4 is 38.9 Å². The third-order valence-corrected chi connectivity index (χ3v) is 5.54. The standard InChI is InChI=1S/C15H17N3O4S2/c1-2-17-15(20)10-3-5-11(6-4-10)18-13(19)9-12-7-8-14(23-12)24(16,21)22/h3-8H,2,9H2,1H3,(H,17,20)(H,18,19)(H2,16,21,22). The summed E-state index contributed by atoms with van der Waals surface area (Å²) >= 11 is 0.964. The van der Waals surface area contributed by atoms with E-state index in [-0.39, 0.29) is 22.4 Å². The van der Waals surface area contributed by atoms with Gasteiger partial charge in [0.05, 0.1) is 6.42 Å². The molecule has 0 saturated carbocycles. The molecule has 24 heavy (non-hydrogen) atoms. The van der Waals surface area contributed by atoms with Gasteiger partial charge in [-0.2, -0.15) is 0 Å². The lowest BCUT2D eigenvalue weighted by molar-refractivity contribution is -0.115. The van der Waals surface area contributed by atoms with E-state index < -0.39 is 10.0 Å². The Kier molecular flexibility index (Phi) is 5.71. The third kappa shape index (κ3) is 4.88. The number of thiophene rings is 1. The highest BCUT2D eigenvalue weighted by atomic mass is 32.2. The maximum Gasteiger partial charge on any atom is 0.251 e. The molecule has 0 saturated heterocycles. The molecule has 0 fully saturated rings. The number of amides is 2. The predicted octanol–water partition coefficient (Wildman–Crippen LogP) is 1.33. The maximum atomic E-state index is 12.0. The molecule has 2 rings (SSSR count). The quantitative estimate of drug-likeness (QED) is 0.713. The van der Waals surface area contributed by atoms with Crippen LogP contribution in [0.5, 0.6) is 0 Å². The van der Waals surface area contributed by atoms with Crippen molar-refractivity contribution in [3.8, 4) is 0 Å². The van der Waals surface area contributed by atoms with Gasteiger partial charge >= 0.3 is 0 Å². The number of hydrogen-bond acceptors (Lipinski definition) is 5. The Morgan fingerprint density at radius 1 is 1.12 bits per heavy atom. The number of carbonyl (C=O) groups excluding carboxylic acids is 2. The highest BCUT2D eigenvalue weighted by Crippen LogP contribution is 2.21. The normalized spacial score (nSPS) is 11.1. The number of nitrogens with two attached hydrogens (primary N) is 1. The van der Waals surface area contributed by atoms with E-state index in [2.05, 4.69) is 10.6 Å². The SMILES string of the molecule is CCNC(=O)c1ccc(NC(=O)Cc2ccc(S(N)(=O)=O)s2)cc1. The van der Waals surface area contributed by atoms with Gasteiger partial charge < -0.3 is 10.6 Å². The van der Waals surface area contributed by atoms with E-state index in [4.69, 9.17) is 5.14 Å². The summed E-state index contributed by atoms with van der Waals surface area (Å²) in [6.07, 6.45) is 0.0399. The zero-order valence-electron chi connectivity index (χ0n) is 12.9. The Morgan fingerprint density at radius 2 is 1.79 bits per heavy atom. The van der Waals surface area contributed by atoms with Gasteiger partial charge in [-0.1, -0.05) is 0 Å². The van der Waals surface area contributed by atoms with Crippen LogP contribution in [0.3, 0.4) is 0 Å². The number of primary sulfonamides is 1. The lowest BCUT2D eigenvalue weighted by Gasteiger charge is -2.06. The van der Waals surface area contributed by atoms with Crippen LogP contribution in [-0.2, 0) is 21.2 Å². The van der Waals surface area contributed by atoms with Crippen LogP contribution in [0.15, 0.2) is 40.6 Å². The molecule has 0 aliphatic heterocycles. The summed E-state index contributed by atoms with van der Waals surface area (Å²) in [7, 11) is -3.75. The van der Waals surface area contributed by atoms with Gasteiger partial charge in [0, 0.05) is 22.7 Å². The molecule has 4 N–H and O–H groups in total. The number of sulfonamides is 1. The zero-order valence-corrected chi connectivity index (χ0v) is 14.5. The molecule has 1 heterocycles. The predicted molar refractivity (Wildman–Crippen MR) is 92.5 cm³/mol. The van der Waals surface area contributed by atoms with Crippen LogP contribution in [0.2, 0.25) is 0 Å². The summed E-state index contributed by atoms with van der Waals surface area (Å²) in [6.45, 7) is 2.37. The summed E-state index contributed by atoms with van der Waals surface area (Å²) in [5, 5.41) is 10.4. The van der Waals surface area contributed by atoms with Crippen LogP contribution in [0.25, 0.3) is 0 Å². The van der Waals surface area contributed by atoms with E-state index >= 15 is 0 Å². The van der Waals surface area contributed by atoms with Crippen molar-refractivity contribution in [3.05, 3.63) is 46.8 Å². The molecule has 0 unspecified atom stereocenters. The summed E-state index contributed by atoms with van der Waals surface area (Å²) in [4.78, 5) is 24.2. The first-order valence-corrected chi connectivity index (χ1v) is 9.45. The van der Waals surface area contributed by atoms with E-state index in [1.54, 1.807) is 30.3 Å².